The number of fused-ring (bicyclic) bond motifs is 1. The molecule has 0 spiro atoms. The Morgan fingerprint density at radius 3 is 2.46 bits per heavy atom. The zero-order valence-corrected chi connectivity index (χ0v) is 23.1. The standard InChI is InChI=1S/C26H34ClN3O6S/c1-5-22(26(32)28-18(2)3)29(16-19-9-6-7-10-21(19)27)25(31)11-8-14-30(37(4,33)34)20-12-13-23-24(15-20)36-17-35-23/h6-7,9-10,12-13,15,18,22H,5,8,11,14,16-17H2,1-4H3,(H,28,32). The molecule has 1 N–H and O–H groups in total. The van der Waals surface area contributed by atoms with E-state index in [1.807, 2.05) is 32.9 Å². The SMILES string of the molecule is CCC(C(=O)NC(C)C)N(Cc1ccccc1Cl)C(=O)CCCN(c1ccc2c(c1)OCO2)S(C)(=O)=O. The van der Waals surface area contributed by atoms with Crippen LogP contribution in [-0.4, -0.2) is 56.8 Å². The molecule has 1 aliphatic heterocycles. The van der Waals surface area contributed by atoms with Gasteiger partial charge in [0.2, 0.25) is 28.6 Å². The summed E-state index contributed by atoms with van der Waals surface area (Å²) in [5.74, 6) is 0.517. The molecule has 1 heterocycles. The van der Waals surface area contributed by atoms with Crippen LogP contribution in [0.4, 0.5) is 5.69 Å². The lowest BCUT2D eigenvalue weighted by Crippen LogP contribution is -2.50. The zero-order chi connectivity index (χ0) is 27.2. The number of halogens is 1. The van der Waals surface area contributed by atoms with Crippen molar-refractivity contribution in [2.24, 2.45) is 0 Å². The smallest absolute Gasteiger partial charge is 0.243 e. The summed E-state index contributed by atoms with van der Waals surface area (Å²) in [6.07, 6.45) is 1.84. The number of carbonyl (C=O) groups excluding carboxylic acids is 2. The number of amides is 2. The molecule has 0 fully saturated rings. The van der Waals surface area contributed by atoms with Gasteiger partial charge in [-0.25, -0.2) is 8.42 Å². The molecule has 9 nitrogen and oxygen atoms in total. The molecule has 0 aromatic heterocycles. The van der Waals surface area contributed by atoms with Crippen LogP contribution in [0, 0.1) is 0 Å². The van der Waals surface area contributed by atoms with E-state index < -0.39 is 16.1 Å². The van der Waals surface area contributed by atoms with Gasteiger partial charge in [-0.1, -0.05) is 36.7 Å². The summed E-state index contributed by atoms with van der Waals surface area (Å²) in [4.78, 5) is 28.0. The van der Waals surface area contributed by atoms with E-state index in [2.05, 4.69) is 5.32 Å². The Balaban J connectivity index is 1.77. The lowest BCUT2D eigenvalue weighted by atomic mass is 10.1. The second-order valence-electron chi connectivity index (χ2n) is 9.18. The number of rotatable bonds is 12. The number of benzene rings is 2. The van der Waals surface area contributed by atoms with E-state index in [4.69, 9.17) is 21.1 Å². The Morgan fingerprint density at radius 1 is 1.11 bits per heavy atom. The topological polar surface area (TPSA) is 105 Å². The van der Waals surface area contributed by atoms with E-state index in [1.54, 1.807) is 30.3 Å². The highest BCUT2D eigenvalue weighted by Crippen LogP contribution is 2.36. The number of carbonyl (C=O) groups is 2. The van der Waals surface area contributed by atoms with Gasteiger partial charge in [-0.15, -0.1) is 0 Å². The molecule has 1 atom stereocenters. The summed E-state index contributed by atoms with van der Waals surface area (Å²) < 4.78 is 37.0. The van der Waals surface area contributed by atoms with E-state index in [1.165, 1.54) is 9.21 Å². The predicted molar refractivity (Wildman–Crippen MR) is 143 cm³/mol. The molecule has 0 aliphatic carbocycles. The van der Waals surface area contributed by atoms with Crippen molar-refractivity contribution < 1.29 is 27.5 Å². The average molecular weight is 552 g/mol. The maximum absolute atomic E-state index is 13.5. The Morgan fingerprint density at radius 2 is 1.81 bits per heavy atom. The van der Waals surface area contributed by atoms with E-state index in [-0.39, 0.29) is 50.6 Å². The minimum absolute atomic E-state index is 0.0481. The van der Waals surface area contributed by atoms with Crippen LogP contribution in [-0.2, 0) is 26.2 Å². The Bertz CT molecular complexity index is 1220. The van der Waals surface area contributed by atoms with Crippen LogP contribution >= 0.6 is 11.6 Å². The molecule has 0 saturated heterocycles. The highest BCUT2D eigenvalue weighted by atomic mass is 35.5. The van der Waals surface area contributed by atoms with Gasteiger partial charge in [0.1, 0.15) is 6.04 Å². The fourth-order valence-corrected chi connectivity index (χ4v) is 5.31. The van der Waals surface area contributed by atoms with Gasteiger partial charge in [0.15, 0.2) is 11.5 Å². The summed E-state index contributed by atoms with van der Waals surface area (Å²) in [5.41, 5.74) is 1.15. The summed E-state index contributed by atoms with van der Waals surface area (Å²) in [6, 6.07) is 11.3. The molecular formula is C26H34ClN3O6S. The predicted octanol–water partition coefficient (Wildman–Crippen LogP) is 3.95. The van der Waals surface area contributed by atoms with Crippen molar-refractivity contribution in [3.05, 3.63) is 53.1 Å². The molecule has 0 radical (unpaired) electrons. The first kappa shape index (κ1) is 28.6. The van der Waals surface area contributed by atoms with Crippen molar-refractivity contribution in [1.82, 2.24) is 10.2 Å². The normalized spacial score (nSPS) is 13.4. The van der Waals surface area contributed by atoms with Crippen molar-refractivity contribution in [1.29, 1.82) is 0 Å². The summed E-state index contributed by atoms with van der Waals surface area (Å²) in [6.45, 7) is 5.90. The van der Waals surface area contributed by atoms with Crippen molar-refractivity contribution in [3.63, 3.8) is 0 Å². The lowest BCUT2D eigenvalue weighted by Gasteiger charge is -2.32. The fraction of sp³-hybridized carbons (Fsp3) is 0.462. The third-order valence-corrected chi connectivity index (χ3v) is 7.47. The number of hydrogen-bond donors (Lipinski definition) is 1. The molecule has 37 heavy (non-hydrogen) atoms. The van der Waals surface area contributed by atoms with Gasteiger partial charge in [-0.3, -0.25) is 13.9 Å². The molecule has 3 rings (SSSR count). The van der Waals surface area contributed by atoms with Crippen LogP contribution in [0.15, 0.2) is 42.5 Å². The average Bonchev–Trinajstić information content (AvgIpc) is 3.29. The van der Waals surface area contributed by atoms with Gasteiger partial charge in [0.25, 0.3) is 0 Å². The van der Waals surface area contributed by atoms with Crippen LogP contribution in [0.3, 0.4) is 0 Å². The molecule has 2 aromatic carbocycles. The van der Waals surface area contributed by atoms with Crippen LogP contribution < -0.4 is 19.1 Å². The van der Waals surface area contributed by atoms with Crippen molar-refractivity contribution in [2.75, 3.05) is 23.9 Å². The van der Waals surface area contributed by atoms with Gasteiger partial charge in [0, 0.05) is 36.6 Å². The Hall–Kier alpha value is -2.98. The number of hydrogen-bond acceptors (Lipinski definition) is 6. The van der Waals surface area contributed by atoms with Crippen LogP contribution in [0.1, 0.15) is 45.6 Å². The van der Waals surface area contributed by atoms with Crippen molar-refractivity contribution in [3.8, 4) is 11.5 Å². The van der Waals surface area contributed by atoms with Gasteiger partial charge in [-0.2, -0.15) is 0 Å². The minimum Gasteiger partial charge on any atom is -0.454 e. The third-order valence-electron chi connectivity index (χ3n) is 5.91. The molecule has 202 valence electrons. The molecule has 1 unspecified atom stereocenters. The van der Waals surface area contributed by atoms with Gasteiger partial charge in [-0.05, 0) is 50.5 Å². The quantitative estimate of drug-likeness (QED) is 0.428. The Kier molecular flexibility index (Phi) is 9.67. The maximum atomic E-state index is 13.5. The van der Waals surface area contributed by atoms with E-state index in [9.17, 15) is 18.0 Å². The van der Waals surface area contributed by atoms with E-state index in [0.717, 1.165) is 11.8 Å². The second kappa shape index (κ2) is 12.5. The largest absolute Gasteiger partial charge is 0.454 e. The molecular weight excluding hydrogens is 518 g/mol. The first-order valence-electron chi connectivity index (χ1n) is 12.2. The second-order valence-corrected chi connectivity index (χ2v) is 11.5. The molecule has 0 bridgehead atoms. The van der Waals surface area contributed by atoms with Gasteiger partial charge < -0.3 is 19.7 Å². The van der Waals surface area contributed by atoms with Gasteiger partial charge >= 0.3 is 0 Å². The summed E-state index contributed by atoms with van der Waals surface area (Å²) >= 11 is 6.36. The molecule has 1 aliphatic rings. The lowest BCUT2D eigenvalue weighted by molar-refractivity contribution is -0.141. The van der Waals surface area contributed by atoms with Gasteiger partial charge in [0.05, 0.1) is 11.9 Å². The maximum Gasteiger partial charge on any atom is 0.243 e. The number of nitrogens with zero attached hydrogens (tertiary/aromatic N) is 2. The highest BCUT2D eigenvalue weighted by molar-refractivity contribution is 7.92. The number of nitrogens with one attached hydrogen (secondary N) is 1. The fourth-order valence-electron chi connectivity index (χ4n) is 4.15. The van der Waals surface area contributed by atoms with E-state index >= 15 is 0 Å². The van der Waals surface area contributed by atoms with Crippen LogP contribution in [0.2, 0.25) is 5.02 Å². The van der Waals surface area contributed by atoms with E-state index in [0.29, 0.717) is 28.6 Å². The molecule has 2 amide bonds. The Labute approximate surface area is 223 Å². The first-order chi connectivity index (χ1) is 17.5. The van der Waals surface area contributed by atoms with Crippen molar-refractivity contribution >= 4 is 39.1 Å². The summed E-state index contributed by atoms with van der Waals surface area (Å²) in [7, 11) is -3.63. The highest BCUT2D eigenvalue weighted by Gasteiger charge is 2.30. The first-order valence-corrected chi connectivity index (χ1v) is 14.4. The van der Waals surface area contributed by atoms with Crippen LogP contribution in [0.25, 0.3) is 0 Å². The van der Waals surface area contributed by atoms with Crippen molar-refractivity contribution in [2.45, 2.75) is 58.7 Å². The van der Waals surface area contributed by atoms with Crippen LogP contribution in [0.5, 0.6) is 11.5 Å². The molecule has 2 aromatic rings. The zero-order valence-electron chi connectivity index (χ0n) is 21.6. The number of anilines is 1. The third kappa shape index (κ3) is 7.52. The summed E-state index contributed by atoms with van der Waals surface area (Å²) in [5, 5.41) is 3.40. The number of ether oxygens (including phenoxy) is 2. The monoisotopic (exact) mass is 551 g/mol. The molecule has 11 heteroatoms. The molecule has 0 saturated carbocycles. The number of sulfonamides is 1. The minimum atomic E-state index is -3.63.